The highest BCUT2D eigenvalue weighted by molar-refractivity contribution is 5.95. The average Bonchev–Trinajstić information content (AvgIpc) is 2.72. The maximum Gasteiger partial charge on any atom is 0.338 e. The number of nitrogens with one attached hydrogen (secondary N) is 1. The number of benzene rings is 1. The first-order chi connectivity index (χ1) is 13.5. The lowest BCUT2D eigenvalue weighted by molar-refractivity contribution is -0.139. The van der Waals surface area contributed by atoms with E-state index in [2.05, 4.69) is 10.2 Å². The van der Waals surface area contributed by atoms with Crippen LogP contribution < -0.4 is 10.1 Å². The van der Waals surface area contributed by atoms with Gasteiger partial charge in [0.2, 0.25) is 0 Å². The molecule has 0 bridgehead atoms. The van der Waals surface area contributed by atoms with Gasteiger partial charge in [-0.2, -0.15) is 0 Å². The largest absolute Gasteiger partial charge is 0.497 e. The van der Waals surface area contributed by atoms with E-state index in [9.17, 15) is 9.59 Å². The van der Waals surface area contributed by atoms with E-state index in [-0.39, 0.29) is 12.6 Å². The van der Waals surface area contributed by atoms with Gasteiger partial charge in [-0.15, -0.1) is 0 Å². The molecule has 3 rings (SSSR count). The van der Waals surface area contributed by atoms with Gasteiger partial charge >= 0.3 is 12.0 Å². The van der Waals surface area contributed by atoms with Crippen molar-refractivity contribution in [3.63, 3.8) is 0 Å². The number of methoxy groups -OCH3 is 1. The molecule has 0 unspecified atom stereocenters. The van der Waals surface area contributed by atoms with Gasteiger partial charge in [-0.25, -0.2) is 9.59 Å². The van der Waals surface area contributed by atoms with Crippen LogP contribution in [0.4, 0.5) is 4.79 Å². The number of amides is 2. The standard InChI is InChI=1S/C20H27N3O5/c1-4-28-19(24)17-16(13-23-9-11-27-12-10-23)22(2)20(25)21-18(17)14-5-7-15(26-3)8-6-14/h5-8,18H,4,9-13H2,1-3H3,(H,21,25)/t18-/m0/s1. The fourth-order valence-corrected chi connectivity index (χ4v) is 3.42. The summed E-state index contributed by atoms with van der Waals surface area (Å²) in [6.07, 6.45) is 0. The molecule has 2 amide bonds. The Kier molecular flexibility index (Phi) is 6.53. The summed E-state index contributed by atoms with van der Waals surface area (Å²) in [5.74, 6) is 0.289. The van der Waals surface area contributed by atoms with E-state index in [1.807, 2.05) is 24.3 Å². The molecule has 28 heavy (non-hydrogen) atoms. The number of carbonyl (C=O) groups excluding carboxylic acids is 2. The molecule has 2 aliphatic rings. The van der Waals surface area contributed by atoms with Crippen LogP contribution in [-0.4, -0.2) is 75.4 Å². The third kappa shape index (κ3) is 4.28. The summed E-state index contributed by atoms with van der Waals surface area (Å²) in [5.41, 5.74) is 1.91. The second kappa shape index (κ2) is 9.07. The van der Waals surface area contributed by atoms with E-state index in [1.54, 1.807) is 21.1 Å². The first-order valence-corrected chi connectivity index (χ1v) is 9.43. The first-order valence-electron chi connectivity index (χ1n) is 9.43. The summed E-state index contributed by atoms with van der Waals surface area (Å²) in [5, 5.41) is 2.92. The number of urea groups is 1. The van der Waals surface area contributed by atoms with Gasteiger partial charge in [0.05, 0.1) is 38.5 Å². The van der Waals surface area contributed by atoms with Crippen LogP contribution in [0.1, 0.15) is 18.5 Å². The number of hydrogen-bond acceptors (Lipinski definition) is 6. The van der Waals surface area contributed by atoms with E-state index < -0.39 is 12.0 Å². The number of morpholine rings is 1. The lowest BCUT2D eigenvalue weighted by Gasteiger charge is -2.37. The van der Waals surface area contributed by atoms with Gasteiger partial charge in [-0.1, -0.05) is 12.1 Å². The number of ether oxygens (including phenoxy) is 3. The second-order valence-corrected chi connectivity index (χ2v) is 6.68. The molecular weight excluding hydrogens is 362 g/mol. The molecule has 0 aromatic heterocycles. The monoisotopic (exact) mass is 389 g/mol. The molecule has 1 aromatic rings. The number of hydrogen-bond donors (Lipinski definition) is 1. The smallest absolute Gasteiger partial charge is 0.338 e. The third-order valence-corrected chi connectivity index (χ3v) is 5.00. The van der Waals surface area contributed by atoms with E-state index >= 15 is 0 Å². The molecular formula is C20H27N3O5. The average molecular weight is 389 g/mol. The Morgan fingerprint density at radius 1 is 1.25 bits per heavy atom. The molecule has 1 fully saturated rings. The molecule has 2 heterocycles. The zero-order chi connectivity index (χ0) is 20.1. The Morgan fingerprint density at radius 3 is 2.54 bits per heavy atom. The van der Waals surface area contributed by atoms with Crippen molar-refractivity contribution in [3.8, 4) is 5.75 Å². The fourth-order valence-electron chi connectivity index (χ4n) is 3.42. The van der Waals surface area contributed by atoms with Crippen LogP contribution in [0.25, 0.3) is 0 Å². The number of carbonyl (C=O) groups is 2. The maximum absolute atomic E-state index is 12.9. The zero-order valence-electron chi connectivity index (χ0n) is 16.6. The molecule has 152 valence electrons. The highest BCUT2D eigenvalue weighted by atomic mass is 16.5. The van der Waals surface area contributed by atoms with Gasteiger partial charge < -0.3 is 19.5 Å². The first kappa shape index (κ1) is 20.2. The highest BCUT2D eigenvalue weighted by Gasteiger charge is 2.37. The van der Waals surface area contributed by atoms with Crippen molar-refractivity contribution in [1.29, 1.82) is 0 Å². The molecule has 2 aliphatic heterocycles. The maximum atomic E-state index is 12.9. The van der Waals surface area contributed by atoms with Crippen LogP contribution in [-0.2, 0) is 14.3 Å². The quantitative estimate of drug-likeness (QED) is 0.744. The molecule has 1 aromatic carbocycles. The fraction of sp³-hybridized carbons (Fsp3) is 0.500. The van der Waals surface area contributed by atoms with Crippen molar-refractivity contribution in [2.45, 2.75) is 13.0 Å². The molecule has 0 aliphatic carbocycles. The summed E-state index contributed by atoms with van der Waals surface area (Å²) >= 11 is 0. The van der Waals surface area contributed by atoms with Crippen molar-refractivity contribution in [1.82, 2.24) is 15.1 Å². The predicted molar refractivity (Wildman–Crippen MR) is 103 cm³/mol. The molecule has 0 spiro atoms. The summed E-state index contributed by atoms with van der Waals surface area (Å²) in [6.45, 7) is 5.30. The minimum atomic E-state index is -0.579. The Hall–Kier alpha value is -2.58. The van der Waals surface area contributed by atoms with E-state index in [0.717, 1.165) is 18.7 Å². The van der Waals surface area contributed by atoms with Crippen LogP contribution in [0.2, 0.25) is 0 Å². The van der Waals surface area contributed by atoms with Gasteiger partial charge in [-0.05, 0) is 24.6 Å². The van der Waals surface area contributed by atoms with Gasteiger partial charge in [0.1, 0.15) is 5.75 Å². The topological polar surface area (TPSA) is 80.3 Å². The number of likely N-dealkylation sites (N-methyl/N-ethyl adjacent to an activating group) is 1. The lowest BCUT2D eigenvalue weighted by atomic mass is 9.94. The molecule has 1 N–H and O–H groups in total. The van der Waals surface area contributed by atoms with E-state index in [0.29, 0.717) is 36.8 Å². The predicted octanol–water partition coefficient (Wildman–Crippen LogP) is 1.54. The minimum Gasteiger partial charge on any atom is -0.497 e. The SMILES string of the molecule is CCOC(=O)C1=C(CN2CCOCC2)N(C)C(=O)N[C@H]1c1ccc(OC)cc1. The molecule has 8 heteroatoms. The summed E-state index contributed by atoms with van der Waals surface area (Å²) < 4.78 is 16.0. The van der Waals surface area contributed by atoms with Gasteiger partial charge in [0.25, 0.3) is 0 Å². The molecule has 0 radical (unpaired) electrons. The highest BCUT2D eigenvalue weighted by Crippen LogP contribution is 2.32. The van der Waals surface area contributed by atoms with Crippen molar-refractivity contribution >= 4 is 12.0 Å². The Morgan fingerprint density at radius 2 is 1.93 bits per heavy atom. The second-order valence-electron chi connectivity index (χ2n) is 6.68. The van der Waals surface area contributed by atoms with Crippen LogP contribution in [0.15, 0.2) is 35.5 Å². The summed E-state index contributed by atoms with van der Waals surface area (Å²) in [4.78, 5) is 29.2. The van der Waals surface area contributed by atoms with E-state index in [1.165, 1.54) is 4.90 Å². The van der Waals surface area contributed by atoms with Crippen LogP contribution in [0.3, 0.4) is 0 Å². The normalized spacial score (nSPS) is 20.8. The van der Waals surface area contributed by atoms with Crippen molar-refractivity contribution in [2.75, 3.05) is 53.6 Å². The van der Waals surface area contributed by atoms with Gasteiger partial charge in [0, 0.05) is 32.4 Å². The Balaban J connectivity index is 2.02. The van der Waals surface area contributed by atoms with Gasteiger partial charge in [-0.3, -0.25) is 9.80 Å². The molecule has 8 nitrogen and oxygen atoms in total. The minimum absolute atomic E-state index is 0.253. The van der Waals surface area contributed by atoms with E-state index in [4.69, 9.17) is 14.2 Å². The number of nitrogens with zero attached hydrogens (tertiary/aromatic N) is 2. The third-order valence-electron chi connectivity index (χ3n) is 5.00. The lowest BCUT2D eigenvalue weighted by Crippen LogP contribution is -2.50. The van der Waals surface area contributed by atoms with Gasteiger partial charge in [0.15, 0.2) is 0 Å². The Bertz CT molecular complexity index is 741. The van der Waals surface area contributed by atoms with Crippen molar-refractivity contribution < 1.29 is 23.8 Å². The van der Waals surface area contributed by atoms with Crippen LogP contribution in [0.5, 0.6) is 5.75 Å². The van der Waals surface area contributed by atoms with Crippen molar-refractivity contribution in [2.24, 2.45) is 0 Å². The number of rotatable bonds is 6. The summed E-state index contributed by atoms with van der Waals surface area (Å²) in [7, 11) is 3.27. The van der Waals surface area contributed by atoms with Crippen LogP contribution >= 0.6 is 0 Å². The molecule has 0 saturated carbocycles. The molecule has 1 saturated heterocycles. The van der Waals surface area contributed by atoms with Crippen molar-refractivity contribution in [3.05, 3.63) is 41.1 Å². The number of esters is 1. The Labute approximate surface area is 165 Å². The molecule has 1 atom stereocenters. The van der Waals surface area contributed by atoms with Crippen LogP contribution in [0, 0.1) is 0 Å². The summed E-state index contributed by atoms with van der Waals surface area (Å²) in [6, 6.07) is 6.48. The zero-order valence-corrected chi connectivity index (χ0v) is 16.6.